The number of nitrogens with two attached hydrogens (primary N) is 1. The van der Waals surface area contributed by atoms with Gasteiger partial charge in [0, 0.05) is 16.5 Å². The Labute approximate surface area is 126 Å². The number of aryl methyl sites for hydroxylation is 1. The lowest BCUT2D eigenvalue weighted by molar-refractivity contribution is 0.668. The number of fused-ring (bicyclic) bond motifs is 2. The molecule has 1 nitrogen and oxygen atoms in total. The van der Waals surface area contributed by atoms with Gasteiger partial charge in [-0.2, -0.15) is 0 Å². The average molecular weight is 277 g/mol. The molecule has 0 radical (unpaired) electrons. The predicted molar refractivity (Wildman–Crippen MR) is 93.7 cm³/mol. The van der Waals surface area contributed by atoms with E-state index in [1.807, 2.05) is 0 Å². The lowest BCUT2D eigenvalue weighted by Gasteiger charge is -2.12. The summed E-state index contributed by atoms with van der Waals surface area (Å²) in [5, 5.41) is 4.92. The highest BCUT2D eigenvalue weighted by molar-refractivity contribution is 6.11. The van der Waals surface area contributed by atoms with Crippen molar-refractivity contribution in [2.24, 2.45) is 0 Å². The molecule has 0 aliphatic heterocycles. The fourth-order valence-corrected chi connectivity index (χ4v) is 3.19. The van der Waals surface area contributed by atoms with Crippen LogP contribution in [0.3, 0.4) is 0 Å². The Morgan fingerprint density at radius 3 is 2.52 bits per heavy atom. The zero-order valence-corrected chi connectivity index (χ0v) is 12.7. The second-order valence-corrected chi connectivity index (χ2v) is 5.84. The van der Waals surface area contributed by atoms with E-state index in [2.05, 4.69) is 55.5 Å². The Morgan fingerprint density at radius 2 is 1.67 bits per heavy atom. The van der Waals surface area contributed by atoms with Crippen LogP contribution in [0.25, 0.3) is 21.5 Å². The Hall–Kier alpha value is -2.02. The van der Waals surface area contributed by atoms with Gasteiger partial charge in [-0.25, -0.2) is 0 Å². The van der Waals surface area contributed by atoms with Gasteiger partial charge >= 0.3 is 0 Å². The van der Waals surface area contributed by atoms with Crippen LogP contribution in [0.1, 0.15) is 38.2 Å². The summed E-state index contributed by atoms with van der Waals surface area (Å²) in [6.07, 6.45) is 6.28. The van der Waals surface area contributed by atoms with Crippen LogP contribution in [-0.4, -0.2) is 0 Å². The minimum atomic E-state index is 0.939. The first kappa shape index (κ1) is 13.9. The van der Waals surface area contributed by atoms with Crippen molar-refractivity contribution in [2.45, 2.75) is 39.0 Å². The maximum absolute atomic E-state index is 6.49. The number of unbranched alkanes of at least 4 members (excludes halogenated alkanes) is 3. The largest absolute Gasteiger partial charge is 0.398 e. The number of anilines is 1. The van der Waals surface area contributed by atoms with E-state index >= 15 is 0 Å². The van der Waals surface area contributed by atoms with Crippen LogP contribution in [0.15, 0.2) is 48.5 Å². The molecule has 0 bridgehead atoms. The van der Waals surface area contributed by atoms with E-state index in [1.54, 1.807) is 0 Å². The summed E-state index contributed by atoms with van der Waals surface area (Å²) in [6.45, 7) is 2.25. The zero-order chi connectivity index (χ0) is 14.7. The van der Waals surface area contributed by atoms with E-state index in [-0.39, 0.29) is 0 Å². The second kappa shape index (κ2) is 6.17. The number of benzene rings is 3. The Kier molecular flexibility index (Phi) is 4.10. The first-order valence-electron chi connectivity index (χ1n) is 8.00. The van der Waals surface area contributed by atoms with Gasteiger partial charge in [0.05, 0.1) is 0 Å². The molecule has 0 amide bonds. The van der Waals surface area contributed by atoms with Crippen LogP contribution < -0.4 is 5.73 Å². The minimum Gasteiger partial charge on any atom is -0.398 e. The molecule has 0 saturated carbocycles. The van der Waals surface area contributed by atoms with Gasteiger partial charge in [0.2, 0.25) is 0 Å². The molecule has 0 saturated heterocycles. The molecule has 0 aliphatic rings. The van der Waals surface area contributed by atoms with Gasteiger partial charge in [-0.05, 0) is 35.2 Å². The fraction of sp³-hybridized carbons (Fsp3) is 0.300. The van der Waals surface area contributed by atoms with Crippen LogP contribution in [0.4, 0.5) is 5.69 Å². The quantitative estimate of drug-likeness (QED) is 0.361. The van der Waals surface area contributed by atoms with Crippen LogP contribution in [0.2, 0.25) is 0 Å². The summed E-state index contributed by atoms with van der Waals surface area (Å²) in [5.41, 5.74) is 8.82. The van der Waals surface area contributed by atoms with Crippen LogP contribution in [0.5, 0.6) is 0 Å². The molecular weight excluding hydrogens is 254 g/mol. The first-order valence-corrected chi connectivity index (χ1v) is 8.00. The van der Waals surface area contributed by atoms with Crippen molar-refractivity contribution < 1.29 is 0 Å². The van der Waals surface area contributed by atoms with Gasteiger partial charge in [0.1, 0.15) is 0 Å². The topological polar surface area (TPSA) is 26.0 Å². The number of rotatable bonds is 5. The third-order valence-corrected chi connectivity index (χ3v) is 4.31. The van der Waals surface area contributed by atoms with E-state index < -0.39 is 0 Å². The molecule has 0 spiro atoms. The Morgan fingerprint density at radius 1 is 0.857 bits per heavy atom. The second-order valence-electron chi connectivity index (χ2n) is 5.84. The van der Waals surface area contributed by atoms with Crippen molar-refractivity contribution in [3.05, 3.63) is 54.1 Å². The van der Waals surface area contributed by atoms with Gasteiger partial charge in [0.25, 0.3) is 0 Å². The standard InChI is InChI=1S/C20H23N/c1-2-3-4-5-9-15-11-8-12-17-14-16-10-6-7-13-18(16)20(21)19(15)17/h6-8,10-14H,2-5,9,21H2,1H3. The fourth-order valence-electron chi connectivity index (χ4n) is 3.19. The third-order valence-electron chi connectivity index (χ3n) is 4.31. The van der Waals surface area contributed by atoms with Crippen LogP contribution >= 0.6 is 0 Å². The molecule has 3 aromatic carbocycles. The normalized spacial score (nSPS) is 11.3. The van der Waals surface area contributed by atoms with Gasteiger partial charge in [-0.3, -0.25) is 0 Å². The van der Waals surface area contributed by atoms with Gasteiger partial charge in [-0.1, -0.05) is 68.7 Å². The third kappa shape index (κ3) is 2.73. The van der Waals surface area contributed by atoms with E-state index in [1.165, 1.54) is 52.8 Å². The number of hydrogen-bond donors (Lipinski definition) is 1. The van der Waals surface area contributed by atoms with Crippen molar-refractivity contribution >= 4 is 27.2 Å². The van der Waals surface area contributed by atoms with Crippen molar-refractivity contribution in [2.75, 3.05) is 5.73 Å². The Bertz CT molecular complexity index is 758. The van der Waals surface area contributed by atoms with Gasteiger partial charge < -0.3 is 5.73 Å². The number of nitrogen functional groups attached to an aromatic ring is 1. The van der Waals surface area contributed by atoms with Crippen molar-refractivity contribution in [3.63, 3.8) is 0 Å². The molecular formula is C20H23N. The first-order chi connectivity index (χ1) is 10.3. The molecule has 3 aromatic rings. The summed E-state index contributed by atoms with van der Waals surface area (Å²) in [7, 11) is 0. The molecule has 0 unspecified atom stereocenters. The summed E-state index contributed by atoms with van der Waals surface area (Å²) >= 11 is 0. The molecule has 21 heavy (non-hydrogen) atoms. The maximum atomic E-state index is 6.49. The van der Waals surface area contributed by atoms with E-state index in [4.69, 9.17) is 5.73 Å². The smallest absolute Gasteiger partial charge is 0.0476 e. The van der Waals surface area contributed by atoms with E-state index in [0.29, 0.717) is 0 Å². The SMILES string of the molecule is CCCCCCc1cccc2cc3ccccc3c(N)c12. The molecule has 3 rings (SSSR count). The molecule has 2 N–H and O–H groups in total. The highest BCUT2D eigenvalue weighted by Gasteiger charge is 2.08. The number of hydrogen-bond acceptors (Lipinski definition) is 1. The maximum Gasteiger partial charge on any atom is 0.0476 e. The highest BCUT2D eigenvalue weighted by Crippen LogP contribution is 2.33. The lowest BCUT2D eigenvalue weighted by Crippen LogP contribution is -1.95. The van der Waals surface area contributed by atoms with E-state index in [9.17, 15) is 0 Å². The van der Waals surface area contributed by atoms with E-state index in [0.717, 1.165) is 12.1 Å². The molecule has 0 atom stereocenters. The van der Waals surface area contributed by atoms with Gasteiger partial charge in [-0.15, -0.1) is 0 Å². The summed E-state index contributed by atoms with van der Waals surface area (Å²) in [4.78, 5) is 0. The molecule has 0 aromatic heterocycles. The molecule has 0 aliphatic carbocycles. The van der Waals surface area contributed by atoms with Crippen molar-refractivity contribution in [3.8, 4) is 0 Å². The molecule has 108 valence electrons. The van der Waals surface area contributed by atoms with Crippen LogP contribution in [0, 0.1) is 0 Å². The van der Waals surface area contributed by atoms with Crippen molar-refractivity contribution in [1.29, 1.82) is 0 Å². The molecule has 1 heteroatoms. The zero-order valence-electron chi connectivity index (χ0n) is 12.7. The minimum absolute atomic E-state index is 0.939. The Balaban J connectivity index is 2.06. The summed E-state index contributed by atoms with van der Waals surface area (Å²) in [5.74, 6) is 0. The molecule has 0 heterocycles. The van der Waals surface area contributed by atoms with Crippen LogP contribution in [-0.2, 0) is 6.42 Å². The lowest BCUT2D eigenvalue weighted by atomic mass is 9.95. The van der Waals surface area contributed by atoms with Crippen molar-refractivity contribution in [1.82, 2.24) is 0 Å². The average Bonchev–Trinajstić information content (AvgIpc) is 2.52. The highest BCUT2D eigenvalue weighted by atomic mass is 14.6. The monoisotopic (exact) mass is 277 g/mol. The predicted octanol–water partition coefficient (Wildman–Crippen LogP) is 5.70. The summed E-state index contributed by atoms with van der Waals surface area (Å²) < 4.78 is 0. The van der Waals surface area contributed by atoms with Gasteiger partial charge in [0.15, 0.2) is 0 Å². The summed E-state index contributed by atoms with van der Waals surface area (Å²) in [6, 6.07) is 17.2. The molecule has 0 fully saturated rings.